The Balaban J connectivity index is 2.37. The number of carboxylic acids is 1. The summed E-state index contributed by atoms with van der Waals surface area (Å²) in [5, 5.41) is 14.1. The third-order valence-corrected chi connectivity index (χ3v) is 3.05. The topological polar surface area (TPSA) is 78.4 Å². The van der Waals surface area contributed by atoms with Gasteiger partial charge in [0.1, 0.15) is 5.54 Å². The molecule has 0 fully saturated rings. The van der Waals surface area contributed by atoms with Crippen molar-refractivity contribution in [3.05, 3.63) is 35.9 Å². The highest BCUT2D eigenvalue weighted by Gasteiger charge is 2.29. The van der Waals surface area contributed by atoms with E-state index in [1.807, 2.05) is 37.3 Å². The quantitative estimate of drug-likeness (QED) is 0.746. The Kier molecular flexibility index (Phi) is 5.55. The molecule has 0 saturated heterocycles. The highest BCUT2D eigenvalue weighted by atomic mass is 16.4. The van der Waals surface area contributed by atoms with Crippen molar-refractivity contribution in [2.24, 2.45) is 0 Å². The van der Waals surface area contributed by atoms with Gasteiger partial charge in [-0.05, 0) is 39.2 Å². The van der Waals surface area contributed by atoms with Crippen LogP contribution in [0.1, 0.15) is 32.8 Å². The first-order valence-electron chi connectivity index (χ1n) is 6.67. The van der Waals surface area contributed by atoms with Gasteiger partial charge in [-0.15, -0.1) is 0 Å². The van der Waals surface area contributed by atoms with Crippen LogP contribution in [0.15, 0.2) is 30.3 Å². The predicted molar refractivity (Wildman–Crippen MR) is 77.6 cm³/mol. The summed E-state index contributed by atoms with van der Waals surface area (Å²) in [4.78, 5) is 22.6. The number of aryl methyl sites for hydroxylation is 1. The number of hydrogen-bond donors (Lipinski definition) is 3. The molecule has 0 radical (unpaired) electrons. The molecule has 0 heterocycles. The van der Waals surface area contributed by atoms with Gasteiger partial charge in [0.25, 0.3) is 0 Å². The van der Waals surface area contributed by atoms with E-state index in [0.29, 0.717) is 0 Å². The average Bonchev–Trinajstić information content (AvgIpc) is 2.36. The number of benzene rings is 1. The summed E-state index contributed by atoms with van der Waals surface area (Å²) in [6.07, 6.45) is 1.66. The Bertz CT molecular complexity index is 457. The Morgan fingerprint density at radius 1 is 1.25 bits per heavy atom. The van der Waals surface area contributed by atoms with Crippen molar-refractivity contribution in [1.29, 1.82) is 0 Å². The zero-order valence-electron chi connectivity index (χ0n) is 12.1. The zero-order valence-corrected chi connectivity index (χ0v) is 12.1. The maximum absolute atomic E-state index is 11.7. The molecule has 0 aliphatic heterocycles. The summed E-state index contributed by atoms with van der Waals surface area (Å²) in [5.74, 6) is -1.07. The molecule has 5 nitrogen and oxygen atoms in total. The standard InChI is InChI=1S/C15H22N2O3/c1-11(9-10-12-7-5-4-6-8-12)16-14(20)17-15(2,3)13(18)19/h4-8,11H,9-10H2,1-3H3,(H,18,19)(H2,16,17,20). The van der Waals surface area contributed by atoms with Gasteiger partial charge in [-0.3, -0.25) is 0 Å². The van der Waals surface area contributed by atoms with Crippen LogP contribution in [0.3, 0.4) is 0 Å². The summed E-state index contributed by atoms with van der Waals surface area (Å²) in [6, 6.07) is 9.52. The minimum atomic E-state index is -1.27. The van der Waals surface area contributed by atoms with Crippen LogP contribution < -0.4 is 10.6 Å². The van der Waals surface area contributed by atoms with Crippen LogP contribution in [0, 0.1) is 0 Å². The van der Waals surface area contributed by atoms with E-state index in [1.165, 1.54) is 19.4 Å². The van der Waals surface area contributed by atoms with Crippen LogP contribution in [0.25, 0.3) is 0 Å². The number of carbonyl (C=O) groups excluding carboxylic acids is 1. The number of nitrogens with one attached hydrogen (secondary N) is 2. The van der Waals surface area contributed by atoms with E-state index >= 15 is 0 Å². The summed E-state index contributed by atoms with van der Waals surface area (Å²) < 4.78 is 0. The van der Waals surface area contributed by atoms with Crippen LogP contribution in [-0.4, -0.2) is 28.7 Å². The summed E-state index contributed by atoms with van der Waals surface area (Å²) in [5.41, 5.74) is -0.0594. The lowest BCUT2D eigenvalue weighted by Crippen LogP contribution is -2.54. The largest absolute Gasteiger partial charge is 0.480 e. The van der Waals surface area contributed by atoms with Crippen molar-refractivity contribution in [3.8, 4) is 0 Å². The van der Waals surface area contributed by atoms with Crippen molar-refractivity contribution in [2.75, 3.05) is 0 Å². The van der Waals surface area contributed by atoms with Crippen molar-refractivity contribution in [1.82, 2.24) is 10.6 Å². The lowest BCUT2D eigenvalue weighted by Gasteiger charge is -2.23. The monoisotopic (exact) mass is 278 g/mol. The van der Waals surface area contributed by atoms with Crippen LogP contribution >= 0.6 is 0 Å². The molecular formula is C15H22N2O3. The van der Waals surface area contributed by atoms with Gasteiger partial charge in [0.05, 0.1) is 0 Å². The minimum Gasteiger partial charge on any atom is -0.480 e. The molecule has 2 amide bonds. The number of amides is 2. The SMILES string of the molecule is CC(CCc1ccccc1)NC(=O)NC(C)(C)C(=O)O. The summed E-state index contributed by atoms with van der Waals surface area (Å²) in [6.45, 7) is 4.80. The molecule has 0 saturated carbocycles. The second kappa shape index (κ2) is 6.93. The molecule has 0 aliphatic carbocycles. The predicted octanol–water partition coefficient (Wildman–Crippen LogP) is 2.17. The second-order valence-corrected chi connectivity index (χ2v) is 5.45. The van der Waals surface area contributed by atoms with Crippen molar-refractivity contribution >= 4 is 12.0 Å². The van der Waals surface area contributed by atoms with Crippen molar-refractivity contribution in [3.63, 3.8) is 0 Å². The molecule has 0 aromatic heterocycles. The Labute approximate surface area is 119 Å². The molecule has 1 aromatic carbocycles. The number of aliphatic carboxylic acids is 1. The molecule has 0 bridgehead atoms. The summed E-state index contributed by atoms with van der Waals surface area (Å²) in [7, 11) is 0. The van der Waals surface area contributed by atoms with Gasteiger partial charge >= 0.3 is 12.0 Å². The lowest BCUT2D eigenvalue weighted by molar-refractivity contribution is -0.142. The normalized spacial score (nSPS) is 12.6. The molecule has 5 heteroatoms. The zero-order chi connectivity index (χ0) is 15.2. The fourth-order valence-corrected chi connectivity index (χ4v) is 1.70. The van der Waals surface area contributed by atoms with E-state index in [0.717, 1.165) is 12.8 Å². The number of rotatable bonds is 6. The molecule has 0 spiro atoms. The van der Waals surface area contributed by atoms with Gasteiger partial charge in [-0.25, -0.2) is 9.59 Å². The van der Waals surface area contributed by atoms with Gasteiger partial charge in [0, 0.05) is 6.04 Å². The first-order valence-corrected chi connectivity index (χ1v) is 6.67. The van der Waals surface area contributed by atoms with Crippen molar-refractivity contribution < 1.29 is 14.7 Å². The van der Waals surface area contributed by atoms with Gasteiger partial charge in [-0.2, -0.15) is 0 Å². The Morgan fingerprint density at radius 2 is 1.85 bits per heavy atom. The van der Waals surface area contributed by atoms with E-state index in [4.69, 9.17) is 5.11 Å². The second-order valence-electron chi connectivity index (χ2n) is 5.45. The first-order chi connectivity index (χ1) is 9.31. The van der Waals surface area contributed by atoms with Crippen LogP contribution in [0.2, 0.25) is 0 Å². The Morgan fingerprint density at radius 3 is 2.40 bits per heavy atom. The van der Waals surface area contributed by atoms with Gasteiger partial charge in [-0.1, -0.05) is 30.3 Å². The third-order valence-electron chi connectivity index (χ3n) is 3.05. The minimum absolute atomic E-state index is 0.0280. The van der Waals surface area contributed by atoms with E-state index < -0.39 is 17.5 Å². The molecule has 1 aromatic rings. The maximum atomic E-state index is 11.7. The van der Waals surface area contributed by atoms with E-state index in [2.05, 4.69) is 10.6 Å². The smallest absolute Gasteiger partial charge is 0.328 e. The van der Waals surface area contributed by atoms with Gasteiger partial charge in [0.2, 0.25) is 0 Å². The highest BCUT2D eigenvalue weighted by Crippen LogP contribution is 2.05. The molecule has 110 valence electrons. The molecule has 3 N–H and O–H groups in total. The molecule has 1 unspecified atom stereocenters. The maximum Gasteiger partial charge on any atom is 0.328 e. The van der Waals surface area contributed by atoms with E-state index in [1.54, 1.807) is 0 Å². The molecule has 0 aliphatic rings. The number of carboxylic acid groups (broad SMARTS) is 1. The number of carbonyl (C=O) groups is 2. The van der Waals surface area contributed by atoms with E-state index in [9.17, 15) is 9.59 Å². The molecule has 1 atom stereocenters. The Hall–Kier alpha value is -2.04. The number of hydrogen-bond acceptors (Lipinski definition) is 2. The summed E-state index contributed by atoms with van der Waals surface area (Å²) >= 11 is 0. The fraction of sp³-hybridized carbons (Fsp3) is 0.467. The van der Waals surface area contributed by atoms with Crippen molar-refractivity contribution in [2.45, 2.75) is 45.2 Å². The van der Waals surface area contributed by atoms with Crippen LogP contribution in [-0.2, 0) is 11.2 Å². The lowest BCUT2D eigenvalue weighted by atomic mass is 10.1. The van der Waals surface area contributed by atoms with Gasteiger partial charge < -0.3 is 15.7 Å². The van der Waals surface area contributed by atoms with Crippen LogP contribution in [0.5, 0.6) is 0 Å². The fourth-order valence-electron chi connectivity index (χ4n) is 1.70. The molecule has 1 rings (SSSR count). The highest BCUT2D eigenvalue weighted by molar-refractivity contribution is 5.85. The average molecular weight is 278 g/mol. The van der Waals surface area contributed by atoms with E-state index in [-0.39, 0.29) is 6.04 Å². The first kappa shape index (κ1) is 16.0. The third kappa shape index (κ3) is 5.30. The van der Waals surface area contributed by atoms with Gasteiger partial charge in [0.15, 0.2) is 0 Å². The number of urea groups is 1. The molecular weight excluding hydrogens is 256 g/mol. The molecule has 20 heavy (non-hydrogen) atoms. The van der Waals surface area contributed by atoms with Crippen LogP contribution in [0.4, 0.5) is 4.79 Å².